The SMILES string of the molecule is CC(=C\[N+](=O)[O-])/C(=C/Nc1ccc(Cl)cc1)[N+](=O)[O-]. The van der Waals surface area contributed by atoms with Gasteiger partial charge in [-0.2, -0.15) is 0 Å². The third-order valence-corrected chi connectivity index (χ3v) is 2.37. The molecule has 1 rings (SSSR count). The highest BCUT2D eigenvalue weighted by atomic mass is 35.5. The number of hydrogen-bond acceptors (Lipinski definition) is 5. The van der Waals surface area contributed by atoms with Crippen molar-refractivity contribution >= 4 is 17.3 Å². The van der Waals surface area contributed by atoms with E-state index in [1.165, 1.54) is 6.92 Å². The van der Waals surface area contributed by atoms with Crippen LogP contribution in [-0.2, 0) is 0 Å². The molecule has 8 heteroatoms. The number of rotatable bonds is 5. The quantitative estimate of drug-likeness (QED) is 0.509. The van der Waals surface area contributed by atoms with Crippen molar-refractivity contribution in [3.63, 3.8) is 0 Å². The van der Waals surface area contributed by atoms with Gasteiger partial charge in [-0.15, -0.1) is 0 Å². The van der Waals surface area contributed by atoms with Crippen LogP contribution in [0, 0.1) is 20.2 Å². The van der Waals surface area contributed by atoms with Gasteiger partial charge in [0.15, 0.2) is 0 Å². The molecule has 1 N–H and O–H groups in total. The standard InChI is InChI=1S/C11H10ClN3O4/c1-8(7-14(16)17)11(15(18)19)6-13-10-4-2-9(12)3-5-10/h2-7,13H,1H3/b8-7+,11-6-. The van der Waals surface area contributed by atoms with E-state index in [1.54, 1.807) is 24.3 Å². The number of nitrogens with one attached hydrogen (secondary N) is 1. The van der Waals surface area contributed by atoms with Crippen LogP contribution < -0.4 is 5.32 Å². The first kappa shape index (κ1) is 14.7. The first-order chi connectivity index (χ1) is 8.90. The summed E-state index contributed by atoms with van der Waals surface area (Å²) in [5.41, 5.74) is 0.140. The van der Waals surface area contributed by atoms with Gasteiger partial charge in [-0.05, 0) is 31.2 Å². The molecule has 1 aromatic rings. The Balaban J connectivity index is 2.94. The van der Waals surface area contributed by atoms with Crippen molar-refractivity contribution in [2.24, 2.45) is 0 Å². The molecule has 0 aliphatic carbocycles. The van der Waals surface area contributed by atoms with E-state index in [-0.39, 0.29) is 11.3 Å². The Morgan fingerprint density at radius 1 is 1.26 bits per heavy atom. The lowest BCUT2D eigenvalue weighted by molar-refractivity contribution is -0.427. The fraction of sp³-hybridized carbons (Fsp3) is 0.0909. The molecule has 0 atom stereocenters. The van der Waals surface area contributed by atoms with Gasteiger partial charge >= 0.3 is 0 Å². The first-order valence-corrected chi connectivity index (χ1v) is 5.47. The molecule has 0 unspecified atom stereocenters. The largest absolute Gasteiger partial charge is 0.356 e. The minimum atomic E-state index is -0.741. The Bertz CT molecular complexity index is 552. The maximum absolute atomic E-state index is 10.8. The molecule has 1 aromatic carbocycles. The monoisotopic (exact) mass is 283 g/mol. The summed E-state index contributed by atoms with van der Waals surface area (Å²) in [6, 6.07) is 6.48. The lowest BCUT2D eigenvalue weighted by Gasteiger charge is -2.01. The molecule has 0 bridgehead atoms. The maximum Gasteiger partial charge on any atom is 0.294 e. The van der Waals surface area contributed by atoms with Gasteiger partial charge < -0.3 is 5.32 Å². The molecule has 0 aliphatic rings. The third kappa shape index (κ3) is 4.76. The maximum atomic E-state index is 10.8. The van der Waals surface area contributed by atoms with Crippen molar-refractivity contribution in [2.75, 3.05) is 5.32 Å². The van der Waals surface area contributed by atoms with Crippen LogP contribution in [0.4, 0.5) is 5.69 Å². The Kier molecular flexibility index (Phi) is 5.01. The van der Waals surface area contributed by atoms with E-state index < -0.39 is 9.85 Å². The zero-order chi connectivity index (χ0) is 14.4. The summed E-state index contributed by atoms with van der Waals surface area (Å²) < 4.78 is 0. The molecular formula is C11H10ClN3O4. The molecule has 0 saturated carbocycles. The second-order valence-electron chi connectivity index (χ2n) is 3.54. The summed E-state index contributed by atoms with van der Waals surface area (Å²) >= 11 is 5.70. The number of nitrogens with zero attached hydrogens (tertiary/aromatic N) is 2. The number of benzene rings is 1. The van der Waals surface area contributed by atoms with Gasteiger partial charge in [0.25, 0.3) is 5.70 Å². The highest BCUT2D eigenvalue weighted by molar-refractivity contribution is 6.30. The van der Waals surface area contributed by atoms with E-state index in [2.05, 4.69) is 5.32 Å². The van der Waals surface area contributed by atoms with Gasteiger partial charge in [-0.3, -0.25) is 20.2 Å². The van der Waals surface area contributed by atoms with E-state index in [4.69, 9.17) is 11.6 Å². The summed E-state index contributed by atoms with van der Waals surface area (Å²) in [5.74, 6) is 0. The smallest absolute Gasteiger partial charge is 0.294 e. The molecule has 19 heavy (non-hydrogen) atoms. The number of hydrogen-bond donors (Lipinski definition) is 1. The van der Waals surface area contributed by atoms with Crippen LogP contribution in [0.2, 0.25) is 5.02 Å². The molecule has 0 aromatic heterocycles. The zero-order valence-corrected chi connectivity index (χ0v) is 10.6. The van der Waals surface area contributed by atoms with Crippen molar-refractivity contribution in [2.45, 2.75) is 6.92 Å². The van der Waals surface area contributed by atoms with Gasteiger partial charge in [-0.25, -0.2) is 0 Å². The predicted molar refractivity (Wildman–Crippen MR) is 70.9 cm³/mol. The lowest BCUT2D eigenvalue weighted by Crippen LogP contribution is -2.05. The van der Waals surface area contributed by atoms with Crippen molar-refractivity contribution < 1.29 is 9.85 Å². The van der Waals surface area contributed by atoms with E-state index in [9.17, 15) is 20.2 Å². The highest BCUT2D eigenvalue weighted by Gasteiger charge is 2.16. The van der Waals surface area contributed by atoms with E-state index in [0.29, 0.717) is 16.9 Å². The Labute approximate surface area is 113 Å². The van der Waals surface area contributed by atoms with Crippen LogP contribution in [0.1, 0.15) is 6.92 Å². The molecule has 0 amide bonds. The number of anilines is 1. The van der Waals surface area contributed by atoms with Gasteiger partial charge in [0.1, 0.15) is 0 Å². The molecule has 0 saturated heterocycles. The molecule has 100 valence electrons. The van der Waals surface area contributed by atoms with Gasteiger partial charge in [0.2, 0.25) is 6.20 Å². The number of allylic oxidation sites excluding steroid dienone is 1. The fourth-order valence-corrected chi connectivity index (χ4v) is 1.36. The minimum Gasteiger partial charge on any atom is -0.356 e. The molecule has 0 fully saturated rings. The van der Waals surface area contributed by atoms with E-state index >= 15 is 0 Å². The third-order valence-electron chi connectivity index (χ3n) is 2.12. The summed E-state index contributed by atoms with van der Waals surface area (Å²) in [7, 11) is 0. The fourth-order valence-electron chi connectivity index (χ4n) is 1.23. The molecule has 0 aliphatic heterocycles. The topological polar surface area (TPSA) is 98.3 Å². The lowest BCUT2D eigenvalue weighted by atomic mass is 10.2. The Morgan fingerprint density at radius 2 is 1.84 bits per heavy atom. The van der Waals surface area contributed by atoms with Gasteiger partial charge in [-0.1, -0.05) is 11.6 Å². The van der Waals surface area contributed by atoms with Gasteiger partial charge in [0, 0.05) is 10.7 Å². The van der Waals surface area contributed by atoms with E-state index in [0.717, 1.165) is 6.20 Å². The van der Waals surface area contributed by atoms with Gasteiger partial charge in [0.05, 0.1) is 21.6 Å². The van der Waals surface area contributed by atoms with Crippen LogP contribution in [0.15, 0.2) is 47.9 Å². The van der Waals surface area contributed by atoms with Crippen molar-refractivity contribution in [1.82, 2.24) is 0 Å². The van der Waals surface area contributed by atoms with Crippen LogP contribution in [0.3, 0.4) is 0 Å². The highest BCUT2D eigenvalue weighted by Crippen LogP contribution is 2.15. The normalized spacial score (nSPS) is 12.1. The van der Waals surface area contributed by atoms with Crippen molar-refractivity contribution in [3.05, 3.63) is 73.2 Å². The van der Waals surface area contributed by atoms with Crippen LogP contribution in [0.25, 0.3) is 0 Å². The first-order valence-electron chi connectivity index (χ1n) is 5.09. The molecule has 0 spiro atoms. The predicted octanol–water partition coefficient (Wildman–Crippen LogP) is 3.05. The zero-order valence-electron chi connectivity index (χ0n) is 9.87. The van der Waals surface area contributed by atoms with Crippen LogP contribution in [0.5, 0.6) is 0 Å². The number of nitro groups is 2. The average Bonchev–Trinajstić information content (AvgIpc) is 2.30. The summed E-state index contributed by atoms with van der Waals surface area (Å²) in [4.78, 5) is 19.7. The van der Waals surface area contributed by atoms with E-state index in [1.807, 2.05) is 0 Å². The second kappa shape index (κ2) is 6.50. The summed E-state index contributed by atoms with van der Waals surface area (Å²) in [5, 5.41) is 24.3. The van der Waals surface area contributed by atoms with Crippen LogP contribution >= 0.6 is 11.6 Å². The summed E-state index contributed by atoms with van der Waals surface area (Å²) in [6.45, 7) is 1.29. The second-order valence-corrected chi connectivity index (χ2v) is 3.97. The van der Waals surface area contributed by atoms with Crippen molar-refractivity contribution in [3.8, 4) is 0 Å². The van der Waals surface area contributed by atoms with Crippen LogP contribution in [-0.4, -0.2) is 9.85 Å². The summed E-state index contributed by atoms with van der Waals surface area (Å²) in [6.07, 6.45) is 1.68. The Morgan fingerprint density at radius 3 is 2.32 bits per heavy atom. The minimum absolute atomic E-state index is 0.0588. The molecule has 7 nitrogen and oxygen atoms in total. The van der Waals surface area contributed by atoms with Crippen molar-refractivity contribution in [1.29, 1.82) is 0 Å². The Hall–Kier alpha value is -2.41. The number of halogens is 1. The average molecular weight is 284 g/mol. The molecular weight excluding hydrogens is 274 g/mol. The molecule has 0 radical (unpaired) electrons. The molecule has 0 heterocycles.